The van der Waals surface area contributed by atoms with Crippen molar-refractivity contribution in [1.82, 2.24) is 0 Å². The first-order valence-electron chi connectivity index (χ1n) is 9.47. The Morgan fingerprint density at radius 3 is 1.35 bits per heavy atom. The summed E-state index contributed by atoms with van der Waals surface area (Å²) >= 11 is 1.74. The van der Waals surface area contributed by atoms with E-state index in [0.29, 0.717) is 0 Å². The number of rotatable bonds is 0. The van der Waals surface area contributed by atoms with Crippen LogP contribution in [0.5, 0.6) is 0 Å². The average molecular weight is 450 g/mol. The van der Waals surface area contributed by atoms with Gasteiger partial charge in [-0.15, -0.1) is 0 Å². The Bertz CT molecular complexity index is 495. The minimum absolute atomic E-state index is 0.210. The first kappa shape index (κ1) is 25.7. The van der Waals surface area contributed by atoms with Crippen LogP contribution in [-0.4, -0.2) is 19.7 Å². The molecule has 0 bridgehead atoms. The molecule has 0 aromatic heterocycles. The zero-order valence-corrected chi connectivity index (χ0v) is 20.4. The Morgan fingerprint density at radius 2 is 1.04 bits per heavy atom. The van der Waals surface area contributed by atoms with Crippen molar-refractivity contribution >= 4 is 5.43 Å². The van der Waals surface area contributed by atoms with Crippen LogP contribution in [0.25, 0.3) is 0 Å². The molecule has 0 unspecified atom stereocenters. The van der Waals surface area contributed by atoms with Crippen LogP contribution in [0, 0.1) is 0 Å². The van der Waals surface area contributed by atoms with Crippen LogP contribution >= 0.6 is 0 Å². The molecular weight excluding hydrogens is 416 g/mol. The van der Waals surface area contributed by atoms with Crippen molar-refractivity contribution in [2.24, 2.45) is 0 Å². The fraction of sp³-hybridized carbons (Fsp3) is 0.545. The molecule has 144 valence electrons. The van der Waals surface area contributed by atoms with E-state index in [2.05, 4.69) is 49.5 Å². The first-order valence-corrected chi connectivity index (χ1v) is 15.7. The van der Waals surface area contributed by atoms with Crippen molar-refractivity contribution in [1.29, 1.82) is 0 Å². The quantitative estimate of drug-likeness (QED) is 0.457. The van der Waals surface area contributed by atoms with Gasteiger partial charge in [-0.1, -0.05) is 51.4 Å². The average Bonchev–Trinajstić information content (AvgIpc) is 3.34. The van der Waals surface area contributed by atoms with Crippen molar-refractivity contribution in [3.63, 3.8) is 0 Å². The fourth-order valence-electron chi connectivity index (χ4n) is 3.23. The Labute approximate surface area is 175 Å². The molecule has 0 amide bonds. The van der Waals surface area contributed by atoms with Gasteiger partial charge in [0.1, 0.15) is 0 Å². The minimum atomic E-state index is 0.210. The van der Waals surface area contributed by atoms with E-state index in [1.54, 1.807) is 45.6 Å². The van der Waals surface area contributed by atoms with Gasteiger partial charge in [-0.2, -0.15) is 60.7 Å². The Morgan fingerprint density at radius 1 is 0.731 bits per heavy atom. The van der Waals surface area contributed by atoms with Crippen molar-refractivity contribution < 1.29 is 33.5 Å². The van der Waals surface area contributed by atoms with Crippen LogP contribution in [-0.2, 0) is 49.0 Å². The van der Waals surface area contributed by atoms with Crippen LogP contribution in [0.3, 0.4) is 0 Å². The van der Waals surface area contributed by atoms with Gasteiger partial charge in [-0.3, -0.25) is 0 Å². The minimum Gasteiger partial charge on any atom is -0.210 e. The molecule has 0 saturated heterocycles. The van der Waals surface area contributed by atoms with E-state index in [9.17, 15) is 0 Å². The maximum atomic E-state index is 8.25. The van der Waals surface area contributed by atoms with Gasteiger partial charge in [0.05, 0.1) is 0 Å². The molecule has 0 fully saturated rings. The van der Waals surface area contributed by atoms with Crippen molar-refractivity contribution in [2.45, 2.75) is 64.5 Å². The summed E-state index contributed by atoms with van der Waals surface area (Å²) in [6, 6.07) is 13.4. The summed E-state index contributed by atoms with van der Waals surface area (Å²) in [6.45, 7) is 4.62. The van der Waals surface area contributed by atoms with Gasteiger partial charge >= 0.3 is 41.9 Å². The number of hydrogen-bond donors (Lipinski definition) is 0. The van der Waals surface area contributed by atoms with Gasteiger partial charge in [-0.25, -0.2) is 12.1 Å². The van der Waals surface area contributed by atoms with Crippen LogP contribution in [0.4, 0.5) is 0 Å². The Balaban J connectivity index is 0.000000349. The second-order valence-corrected chi connectivity index (χ2v) is 15.9. The first-order chi connectivity index (χ1) is 12.7. The summed E-state index contributed by atoms with van der Waals surface area (Å²) in [5.74, 6) is 0. The molecule has 4 rings (SSSR count). The van der Waals surface area contributed by atoms with E-state index in [1.165, 1.54) is 51.4 Å². The molecule has 0 N–H and O–H groups in total. The summed E-state index contributed by atoms with van der Waals surface area (Å²) in [5, 5.41) is 16.5. The SMILES string of the molecule is C[O-].C[O-].C[Si](C)=[Zr+2].c1cc2c([cH-]1)CCCC2.c1cc2c([cH-]1)CCCC2. The Kier molecular flexibility index (Phi) is 16.7. The summed E-state index contributed by atoms with van der Waals surface area (Å²) in [6.07, 6.45) is 10.9. The van der Waals surface area contributed by atoms with Gasteiger partial charge in [0.25, 0.3) is 0 Å². The maximum Gasteiger partial charge on any atom is -0.0512 e. The third kappa shape index (κ3) is 10.8. The van der Waals surface area contributed by atoms with E-state index < -0.39 is 0 Å². The molecule has 2 aromatic carbocycles. The van der Waals surface area contributed by atoms with E-state index >= 15 is 0 Å². The van der Waals surface area contributed by atoms with Crippen LogP contribution < -0.4 is 10.2 Å². The molecule has 0 saturated carbocycles. The number of fused-ring (bicyclic) bond motifs is 2. The predicted molar refractivity (Wildman–Crippen MR) is 107 cm³/mol. The van der Waals surface area contributed by atoms with Crippen LogP contribution in [0.15, 0.2) is 36.4 Å². The van der Waals surface area contributed by atoms with E-state index in [0.717, 1.165) is 14.2 Å². The van der Waals surface area contributed by atoms with E-state index in [1.807, 2.05) is 0 Å². The van der Waals surface area contributed by atoms with E-state index in [-0.39, 0.29) is 5.43 Å². The molecule has 2 aliphatic carbocycles. The number of aryl methyl sites for hydroxylation is 4. The summed E-state index contributed by atoms with van der Waals surface area (Å²) in [4.78, 5) is 0. The second kappa shape index (κ2) is 16.9. The van der Waals surface area contributed by atoms with Gasteiger partial charge in [0, 0.05) is 0 Å². The number of hydrogen-bond acceptors (Lipinski definition) is 2. The Hall–Kier alpha value is -0.280. The zero-order chi connectivity index (χ0) is 19.8. The monoisotopic (exact) mass is 448 g/mol. The molecule has 0 aliphatic heterocycles. The molecule has 2 aliphatic rings. The molecule has 4 heteroatoms. The standard InChI is InChI=1S/2C9H11.C2H6Si.2CH3O.Zr/c2*1-2-5-9-7-3-6-8(9)4-1;1-3-2;2*1-2;/h2*3,6-7H,1-2,4-5H2;1-2H3;2*1H3;/q2*-1;;2*-1;+2. The summed E-state index contributed by atoms with van der Waals surface area (Å²) < 4.78 is 0. The third-order valence-corrected chi connectivity index (χ3v) is 4.30. The van der Waals surface area contributed by atoms with Crippen molar-refractivity contribution in [2.75, 3.05) is 14.2 Å². The molecule has 0 spiro atoms. The predicted octanol–water partition coefficient (Wildman–Crippen LogP) is 3.31. The van der Waals surface area contributed by atoms with Crippen molar-refractivity contribution in [3.8, 4) is 0 Å². The molecule has 2 aromatic rings. The fourth-order valence-corrected chi connectivity index (χ4v) is 3.23. The van der Waals surface area contributed by atoms with Crippen LogP contribution in [0.2, 0.25) is 13.1 Å². The zero-order valence-electron chi connectivity index (χ0n) is 16.9. The summed E-state index contributed by atoms with van der Waals surface area (Å²) in [5.41, 5.74) is 6.60. The summed E-state index contributed by atoms with van der Waals surface area (Å²) in [7, 11) is 1.50. The maximum absolute atomic E-state index is 8.25. The molecule has 2 nitrogen and oxygen atoms in total. The molecule has 0 heterocycles. The second-order valence-electron chi connectivity index (χ2n) is 6.57. The van der Waals surface area contributed by atoms with Crippen molar-refractivity contribution in [3.05, 3.63) is 58.7 Å². The molecule has 26 heavy (non-hydrogen) atoms. The van der Waals surface area contributed by atoms with Gasteiger partial charge in [-0.05, 0) is 0 Å². The molecule has 0 atom stereocenters. The van der Waals surface area contributed by atoms with Crippen LogP contribution in [0.1, 0.15) is 47.9 Å². The molecular formula is C22H34O2SiZr-2. The van der Waals surface area contributed by atoms with Gasteiger partial charge in [0.15, 0.2) is 0 Å². The largest absolute Gasteiger partial charge is 0.210 e. The van der Waals surface area contributed by atoms with E-state index in [4.69, 9.17) is 10.2 Å². The third-order valence-electron chi connectivity index (χ3n) is 4.30. The normalized spacial score (nSPS) is 13.5. The van der Waals surface area contributed by atoms with Gasteiger partial charge < -0.3 is 10.2 Å². The van der Waals surface area contributed by atoms with Gasteiger partial charge in [0.2, 0.25) is 0 Å². The topological polar surface area (TPSA) is 46.1 Å². The smallest absolute Gasteiger partial charge is 0.0512 e. The molecule has 0 radical (unpaired) electrons.